The summed E-state index contributed by atoms with van der Waals surface area (Å²) in [7, 11) is 0. The average Bonchev–Trinajstić information content (AvgIpc) is 2.67. The second-order valence-corrected chi connectivity index (χ2v) is 6.74. The van der Waals surface area contributed by atoms with Gasteiger partial charge in [-0.15, -0.1) is 0 Å². The summed E-state index contributed by atoms with van der Waals surface area (Å²) in [4.78, 5) is 27.4. The Morgan fingerprint density at radius 1 is 0.808 bits per heavy atom. The van der Waals surface area contributed by atoms with Crippen LogP contribution in [0, 0.1) is 0 Å². The molecule has 0 aliphatic rings. The molecule has 1 amide bonds. The number of carbonyl (C=O) groups is 2. The highest BCUT2D eigenvalue weighted by atomic mass is 16.5. The molecule has 0 saturated heterocycles. The third kappa shape index (κ3) is 7.59. The number of carbonyl (C=O) groups excluding carboxylic acids is 2. The molecule has 0 aromatic heterocycles. The molecule has 26 heavy (non-hydrogen) atoms. The largest absolute Gasteiger partial charge is 0.462 e. The van der Waals surface area contributed by atoms with E-state index in [1.54, 1.807) is 18.2 Å². The van der Waals surface area contributed by atoms with Crippen LogP contribution in [-0.2, 0) is 4.74 Å². The molecular weight excluding hydrogens is 326 g/mol. The lowest BCUT2D eigenvalue weighted by Gasteiger charge is -2.23. The molecule has 1 rings (SSSR count). The van der Waals surface area contributed by atoms with Crippen molar-refractivity contribution in [1.29, 1.82) is 0 Å². The summed E-state index contributed by atoms with van der Waals surface area (Å²) in [5.74, 6) is -0.457. The Hall–Kier alpha value is -1.84. The van der Waals surface area contributed by atoms with Crippen LogP contribution in [0.2, 0.25) is 0 Å². The molecule has 0 bridgehead atoms. The molecule has 0 radical (unpaired) electrons. The number of ether oxygens (including phenoxy) is 1. The zero-order valence-electron chi connectivity index (χ0n) is 16.8. The Morgan fingerprint density at radius 3 is 1.96 bits per heavy atom. The van der Waals surface area contributed by atoms with Gasteiger partial charge in [0.2, 0.25) is 0 Å². The molecule has 0 spiro atoms. The number of unbranched alkanes of at least 4 members (excludes halogenated alkanes) is 5. The van der Waals surface area contributed by atoms with E-state index in [1.165, 1.54) is 0 Å². The van der Waals surface area contributed by atoms with Gasteiger partial charge < -0.3 is 9.64 Å². The molecule has 1 aromatic carbocycles. The van der Waals surface area contributed by atoms with Crippen LogP contribution in [0.5, 0.6) is 0 Å². The Bertz CT molecular complexity index is 534. The molecule has 0 unspecified atom stereocenters. The summed E-state index contributed by atoms with van der Waals surface area (Å²) in [5.41, 5.74) is 0.837. The molecule has 146 valence electrons. The summed E-state index contributed by atoms with van der Waals surface area (Å²) in [6.07, 6.45) is 8.25. The van der Waals surface area contributed by atoms with E-state index in [-0.39, 0.29) is 5.91 Å². The quantitative estimate of drug-likeness (QED) is 0.346. The van der Waals surface area contributed by atoms with Crippen molar-refractivity contribution in [1.82, 2.24) is 4.90 Å². The summed E-state index contributed by atoms with van der Waals surface area (Å²) >= 11 is 0. The van der Waals surface area contributed by atoms with E-state index in [1.807, 2.05) is 11.0 Å². The average molecular weight is 362 g/mol. The fourth-order valence-electron chi connectivity index (χ4n) is 2.80. The first kappa shape index (κ1) is 22.2. The zero-order chi connectivity index (χ0) is 19.2. The normalized spacial score (nSPS) is 10.6. The van der Waals surface area contributed by atoms with Gasteiger partial charge in [-0.1, -0.05) is 65.0 Å². The molecule has 1 aromatic rings. The molecule has 0 aliphatic carbocycles. The van der Waals surface area contributed by atoms with Gasteiger partial charge in [0, 0.05) is 13.1 Å². The number of hydrogen-bond acceptors (Lipinski definition) is 3. The van der Waals surface area contributed by atoms with E-state index >= 15 is 0 Å². The van der Waals surface area contributed by atoms with Gasteiger partial charge in [-0.2, -0.15) is 0 Å². The van der Waals surface area contributed by atoms with Crippen molar-refractivity contribution in [3.05, 3.63) is 35.4 Å². The van der Waals surface area contributed by atoms with Gasteiger partial charge in [0.15, 0.2) is 0 Å². The van der Waals surface area contributed by atoms with E-state index in [0.717, 1.165) is 64.5 Å². The van der Waals surface area contributed by atoms with Crippen molar-refractivity contribution in [2.24, 2.45) is 0 Å². The van der Waals surface area contributed by atoms with Crippen LogP contribution in [0.4, 0.5) is 0 Å². The van der Waals surface area contributed by atoms with Gasteiger partial charge in [0.25, 0.3) is 5.91 Å². The van der Waals surface area contributed by atoms with Gasteiger partial charge >= 0.3 is 5.97 Å². The lowest BCUT2D eigenvalue weighted by Crippen LogP contribution is -2.34. The maximum absolute atomic E-state index is 13.0. The van der Waals surface area contributed by atoms with E-state index in [9.17, 15) is 9.59 Å². The number of amides is 1. The highest BCUT2D eigenvalue weighted by Gasteiger charge is 2.22. The first-order valence-corrected chi connectivity index (χ1v) is 10.2. The third-order valence-electron chi connectivity index (χ3n) is 4.46. The lowest BCUT2D eigenvalue weighted by atomic mass is 10.1. The maximum Gasteiger partial charge on any atom is 0.338 e. The first-order chi connectivity index (χ1) is 12.7. The van der Waals surface area contributed by atoms with E-state index in [0.29, 0.717) is 17.7 Å². The number of rotatable bonds is 13. The highest BCUT2D eigenvalue weighted by molar-refractivity contribution is 6.05. The topological polar surface area (TPSA) is 46.6 Å². The highest BCUT2D eigenvalue weighted by Crippen LogP contribution is 2.15. The first-order valence-electron chi connectivity index (χ1n) is 10.2. The molecule has 0 heterocycles. The molecule has 0 saturated carbocycles. The van der Waals surface area contributed by atoms with Gasteiger partial charge in [-0.25, -0.2) is 4.79 Å². The van der Waals surface area contributed by atoms with Crippen molar-refractivity contribution in [2.75, 3.05) is 19.7 Å². The number of esters is 1. The minimum absolute atomic E-state index is 0.0644. The van der Waals surface area contributed by atoms with Gasteiger partial charge in [-0.3, -0.25) is 4.79 Å². The molecule has 0 fully saturated rings. The molecule has 0 atom stereocenters. The number of benzene rings is 1. The summed E-state index contributed by atoms with van der Waals surface area (Å²) in [5, 5.41) is 0. The van der Waals surface area contributed by atoms with Crippen molar-refractivity contribution >= 4 is 11.9 Å². The van der Waals surface area contributed by atoms with Crippen LogP contribution < -0.4 is 0 Å². The van der Waals surface area contributed by atoms with Gasteiger partial charge in [0.1, 0.15) is 0 Å². The van der Waals surface area contributed by atoms with Crippen molar-refractivity contribution < 1.29 is 14.3 Å². The molecule has 4 heteroatoms. The van der Waals surface area contributed by atoms with E-state index < -0.39 is 5.97 Å². The Kier molecular flexibility index (Phi) is 11.4. The minimum atomic E-state index is -0.392. The van der Waals surface area contributed by atoms with Crippen LogP contribution in [-0.4, -0.2) is 36.5 Å². The van der Waals surface area contributed by atoms with Crippen LogP contribution in [0.25, 0.3) is 0 Å². The summed E-state index contributed by atoms with van der Waals surface area (Å²) in [6.45, 7) is 8.26. The second-order valence-electron chi connectivity index (χ2n) is 6.74. The molecule has 0 aliphatic heterocycles. The third-order valence-corrected chi connectivity index (χ3v) is 4.46. The van der Waals surface area contributed by atoms with E-state index in [2.05, 4.69) is 20.8 Å². The van der Waals surface area contributed by atoms with Crippen LogP contribution in [0.3, 0.4) is 0 Å². The smallest absolute Gasteiger partial charge is 0.338 e. The fraction of sp³-hybridized carbons (Fsp3) is 0.636. The maximum atomic E-state index is 13.0. The minimum Gasteiger partial charge on any atom is -0.462 e. The predicted octanol–water partition coefficient (Wildman–Crippen LogP) is 5.47. The number of nitrogens with zero attached hydrogens (tertiary/aromatic N) is 1. The number of hydrogen-bond donors (Lipinski definition) is 0. The SMILES string of the molecule is CCCCCCOC(=O)c1ccccc1C(=O)N(CCCC)CCCC. The van der Waals surface area contributed by atoms with Crippen LogP contribution in [0.15, 0.2) is 24.3 Å². The molecule has 0 N–H and O–H groups in total. The Balaban J connectivity index is 2.80. The van der Waals surface area contributed by atoms with Crippen molar-refractivity contribution in [3.8, 4) is 0 Å². The fourth-order valence-corrected chi connectivity index (χ4v) is 2.80. The van der Waals surface area contributed by atoms with Crippen LogP contribution in [0.1, 0.15) is 92.9 Å². The van der Waals surface area contributed by atoms with Gasteiger partial charge in [0.05, 0.1) is 17.7 Å². The summed E-state index contributed by atoms with van der Waals surface area (Å²) in [6, 6.07) is 7.02. The van der Waals surface area contributed by atoms with Crippen molar-refractivity contribution in [2.45, 2.75) is 72.1 Å². The van der Waals surface area contributed by atoms with Crippen LogP contribution >= 0.6 is 0 Å². The van der Waals surface area contributed by atoms with E-state index in [4.69, 9.17) is 4.74 Å². The molecular formula is C22H35NO3. The molecule has 4 nitrogen and oxygen atoms in total. The zero-order valence-corrected chi connectivity index (χ0v) is 16.8. The van der Waals surface area contributed by atoms with Crippen molar-refractivity contribution in [3.63, 3.8) is 0 Å². The lowest BCUT2D eigenvalue weighted by molar-refractivity contribution is 0.0490. The van der Waals surface area contributed by atoms with Gasteiger partial charge in [-0.05, 0) is 31.4 Å². The predicted molar refractivity (Wildman–Crippen MR) is 107 cm³/mol. The monoisotopic (exact) mass is 361 g/mol. The standard InChI is InChI=1S/C22H35NO3/c1-4-7-10-13-18-26-22(25)20-15-12-11-14-19(20)21(24)23(16-8-5-2)17-9-6-3/h11-12,14-15H,4-10,13,16-18H2,1-3H3. The Morgan fingerprint density at radius 2 is 1.38 bits per heavy atom. The second kappa shape index (κ2) is 13.4. The Labute approximate surface area is 158 Å². The summed E-state index contributed by atoms with van der Waals surface area (Å²) < 4.78 is 5.40.